The summed E-state index contributed by atoms with van der Waals surface area (Å²) in [6.07, 6.45) is 2.66. The molecule has 8 nitrogen and oxygen atoms in total. The summed E-state index contributed by atoms with van der Waals surface area (Å²) in [5.74, 6) is 0.292. The fourth-order valence-corrected chi connectivity index (χ4v) is 7.36. The number of esters is 1. The van der Waals surface area contributed by atoms with Crippen molar-refractivity contribution in [2.24, 2.45) is 11.3 Å². The Morgan fingerprint density at radius 3 is 2.26 bits per heavy atom. The number of nitrogens with one attached hydrogen (secondary N) is 2. The number of thioether (sulfide) groups is 1. The van der Waals surface area contributed by atoms with Crippen LogP contribution in [-0.2, 0) is 22.4 Å². The van der Waals surface area contributed by atoms with Gasteiger partial charge in [0.05, 0.1) is 32.1 Å². The van der Waals surface area contributed by atoms with E-state index in [9.17, 15) is 14.4 Å². The van der Waals surface area contributed by atoms with Crippen LogP contribution in [0.15, 0.2) is 47.4 Å². The van der Waals surface area contributed by atoms with Crippen LogP contribution in [0.5, 0.6) is 11.5 Å². The Morgan fingerprint density at radius 2 is 1.64 bits per heavy atom. The number of benzene rings is 2. The molecular weight excluding hydrogens is 572 g/mol. The highest BCUT2D eigenvalue weighted by Gasteiger charge is 2.34. The highest BCUT2D eigenvalue weighted by molar-refractivity contribution is 8.00. The molecule has 1 aliphatic rings. The van der Waals surface area contributed by atoms with Gasteiger partial charge in [-0.05, 0) is 73.4 Å². The van der Waals surface area contributed by atoms with Crippen LogP contribution in [0.3, 0.4) is 0 Å². The van der Waals surface area contributed by atoms with Crippen molar-refractivity contribution in [2.75, 3.05) is 32.0 Å². The van der Waals surface area contributed by atoms with E-state index in [1.165, 1.54) is 44.4 Å². The van der Waals surface area contributed by atoms with E-state index < -0.39 is 11.2 Å². The van der Waals surface area contributed by atoms with Crippen molar-refractivity contribution >= 4 is 51.6 Å². The van der Waals surface area contributed by atoms with Gasteiger partial charge in [-0.2, -0.15) is 0 Å². The molecule has 42 heavy (non-hydrogen) atoms. The Kier molecular flexibility index (Phi) is 9.89. The number of rotatable bonds is 9. The normalized spacial score (nSPS) is 15.3. The summed E-state index contributed by atoms with van der Waals surface area (Å²) in [6, 6.07) is 12.4. The van der Waals surface area contributed by atoms with Gasteiger partial charge in [0, 0.05) is 15.5 Å². The van der Waals surface area contributed by atoms with Crippen LogP contribution < -0.4 is 20.1 Å². The predicted molar refractivity (Wildman–Crippen MR) is 169 cm³/mol. The van der Waals surface area contributed by atoms with Crippen LogP contribution >= 0.6 is 23.1 Å². The summed E-state index contributed by atoms with van der Waals surface area (Å²) in [5, 5.41) is 5.98. The van der Waals surface area contributed by atoms with Gasteiger partial charge in [0.1, 0.15) is 22.1 Å². The first-order valence-electron chi connectivity index (χ1n) is 13.8. The van der Waals surface area contributed by atoms with Crippen LogP contribution in [0.2, 0.25) is 0 Å². The van der Waals surface area contributed by atoms with Crippen LogP contribution in [0, 0.1) is 11.3 Å². The van der Waals surface area contributed by atoms with Gasteiger partial charge >= 0.3 is 5.97 Å². The lowest BCUT2D eigenvalue weighted by molar-refractivity contribution is -0.115. The molecule has 10 heteroatoms. The molecule has 2 aromatic carbocycles. The monoisotopic (exact) mass is 610 g/mol. The first-order chi connectivity index (χ1) is 20.0. The second kappa shape index (κ2) is 13.2. The number of carbonyl (C=O) groups is 3. The maximum atomic E-state index is 13.3. The summed E-state index contributed by atoms with van der Waals surface area (Å²) in [7, 11) is 4.36. The molecule has 1 aromatic heterocycles. The molecule has 0 saturated carbocycles. The van der Waals surface area contributed by atoms with E-state index in [1.807, 2.05) is 25.1 Å². The highest BCUT2D eigenvalue weighted by atomic mass is 32.2. The Balaban J connectivity index is 1.48. The lowest BCUT2D eigenvalue weighted by atomic mass is 9.72. The molecule has 3 aromatic rings. The average Bonchev–Trinajstić information content (AvgIpc) is 3.32. The van der Waals surface area contributed by atoms with E-state index in [0.717, 1.165) is 34.6 Å². The maximum absolute atomic E-state index is 13.3. The first-order valence-corrected chi connectivity index (χ1v) is 15.5. The molecule has 0 radical (unpaired) electrons. The topological polar surface area (TPSA) is 103 Å². The van der Waals surface area contributed by atoms with Gasteiger partial charge in [0.25, 0.3) is 5.91 Å². The predicted octanol–water partition coefficient (Wildman–Crippen LogP) is 7.07. The third-order valence-corrected chi connectivity index (χ3v) is 9.81. The number of ether oxygens (including phenoxy) is 3. The second-order valence-corrected chi connectivity index (χ2v) is 13.8. The molecule has 1 heterocycles. The fourth-order valence-electron chi connectivity index (χ4n) is 5.12. The lowest BCUT2D eigenvalue weighted by Gasteiger charge is -2.33. The van der Waals surface area contributed by atoms with E-state index in [-0.39, 0.29) is 17.2 Å². The number of amides is 2. The zero-order valence-electron chi connectivity index (χ0n) is 25.1. The van der Waals surface area contributed by atoms with Crippen molar-refractivity contribution in [3.63, 3.8) is 0 Å². The molecular formula is C32H38N2O6S2. The summed E-state index contributed by atoms with van der Waals surface area (Å²) < 4.78 is 15.8. The minimum atomic E-state index is -0.475. The summed E-state index contributed by atoms with van der Waals surface area (Å²) in [5.41, 5.74) is 2.50. The van der Waals surface area contributed by atoms with Crippen molar-refractivity contribution in [3.05, 3.63) is 64.0 Å². The minimum absolute atomic E-state index is 0.162. The van der Waals surface area contributed by atoms with Crippen molar-refractivity contribution in [1.82, 2.24) is 0 Å². The van der Waals surface area contributed by atoms with Crippen molar-refractivity contribution in [1.29, 1.82) is 0 Å². The molecule has 2 amide bonds. The molecule has 0 bridgehead atoms. The van der Waals surface area contributed by atoms with Gasteiger partial charge in [-0.25, -0.2) is 4.79 Å². The standard InChI is InChI=1S/C32H38N2O6S2/c1-18(28(35)34-30-26(31(37)40-7)22-15-14-19(32(2,3)4)16-25(22)42-30)41-21-11-8-10-20(17-21)33-29(36)27-23(38-5)12-9-13-24(27)39-6/h8-13,17-19H,14-16H2,1-7H3,(H,33,36)(H,34,35). The number of methoxy groups -OCH3 is 3. The number of thiophene rings is 1. The molecule has 2 unspecified atom stereocenters. The van der Waals surface area contributed by atoms with E-state index in [2.05, 4.69) is 31.4 Å². The number of anilines is 2. The van der Waals surface area contributed by atoms with E-state index in [0.29, 0.717) is 39.2 Å². The molecule has 4 rings (SSSR count). The SMILES string of the molecule is COC(=O)c1c(NC(=O)C(C)Sc2cccc(NC(=O)c3c(OC)cccc3OC)c2)sc2c1CCC(C(C)(C)C)C2. The summed E-state index contributed by atoms with van der Waals surface area (Å²) in [4.78, 5) is 41.2. The van der Waals surface area contributed by atoms with E-state index >= 15 is 0 Å². The van der Waals surface area contributed by atoms with Gasteiger partial charge in [0.2, 0.25) is 5.91 Å². The Morgan fingerprint density at radius 1 is 0.976 bits per heavy atom. The molecule has 0 aliphatic heterocycles. The van der Waals surface area contributed by atoms with Gasteiger partial charge < -0.3 is 24.8 Å². The van der Waals surface area contributed by atoms with Gasteiger partial charge in [-0.15, -0.1) is 23.1 Å². The van der Waals surface area contributed by atoms with Crippen LogP contribution in [-0.4, -0.2) is 44.4 Å². The van der Waals surface area contributed by atoms with Gasteiger partial charge in [0.15, 0.2) is 0 Å². The Hall–Kier alpha value is -3.50. The van der Waals surface area contributed by atoms with Crippen LogP contribution in [0.1, 0.15) is 65.3 Å². The van der Waals surface area contributed by atoms with Crippen molar-refractivity contribution in [2.45, 2.75) is 57.1 Å². The number of hydrogen-bond donors (Lipinski definition) is 2. The van der Waals surface area contributed by atoms with Gasteiger partial charge in [-0.1, -0.05) is 32.9 Å². The number of fused-ring (bicyclic) bond motifs is 1. The fraction of sp³-hybridized carbons (Fsp3) is 0.406. The zero-order chi connectivity index (χ0) is 30.6. The number of carbonyl (C=O) groups excluding carboxylic acids is 3. The van der Waals surface area contributed by atoms with Crippen molar-refractivity contribution < 1.29 is 28.6 Å². The minimum Gasteiger partial charge on any atom is -0.496 e. The highest BCUT2D eigenvalue weighted by Crippen LogP contribution is 2.44. The van der Waals surface area contributed by atoms with E-state index in [4.69, 9.17) is 14.2 Å². The third-order valence-electron chi connectivity index (χ3n) is 7.55. The smallest absolute Gasteiger partial charge is 0.341 e. The van der Waals surface area contributed by atoms with Crippen molar-refractivity contribution in [3.8, 4) is 11.5 Å². The molecule has 0 saturated heterocycles. The van der Waals surface area contributed by atoms with Crippen LogP contribution in [0.25, 0.3) is 0 Å². The second-order valence-electron chi connectivity index (χ2n) is 11.3. The zero-order valence-corrected chi connectivity index (χ0v) is 26.7. The summed E-state index contributed by atoms with van der Waals surface area (Å²) >= 11 is 2.84. The molecule has 1 aliphatic carbocycles. The molecule has 0 spiro atoms. The Labute approximate surface area is 255 Å². The van der Waals surface area contributed by atoms with Gasteiger partial charge in [-0.3, -0.25) is 9.59 Å². The van der Waals surface area contributed by atoms with Crippen LogP contribution in [0.4, 0.5) is 10.7 Å². The largest absolute Gasteiger partial charge is 0.496 e. The quantitative estimate of drug-likeness (QED) is 0.197. The summed E-state index contributed by atoms with van der Waals surface area (Å²) in [6.45, 7) is 8.55. The molecule has 0 fully saturated rings. The van der Waals surface area contributed by atoms with E-state index in [1.54, 1.807) is 24.3 Å². The molecule has 2 atom stereocenters. The first kappa shape index (κ1) is 31.4. The molecule has 224 valence electrons. The number of hydrogen-bond acceptors (Lipinski definition) is 8. The third kappa shape index (κ3) is 6.93. The lowest BCUT2D eigenvalue weighted by Crippen LogP contribution is -2.26. The molecule has 2 N–H and O–H groups in total. The Bertz CT molecular complexity index is 1450. The average molecular weight is 611 g/mol. The maximum Gasteiger partial charge on any atom is 0.341 e.